The van der Waals surface area contributed by atoms with Crippen LogP contribution in [0.4, 0.5) is 10.1 Å². The molecule has 1 amide bonds. The SMILES string of the molecule is N/C(CC(=O)Nc1cc(Br)ccc1F)=N\O. The maximum Gasteiger partial charge on any atom is 0.232 e. The van der Waals surface area contributed by atoms with Gasteiger partial charge in [0, 0.05) is 4.47 Å². The molecule has 1 rings (SSSR count). The number of halogens is 2. The van der Waals surface area contributed by atoms with E-state index in [-0.39, 0.29) is 17.9 Å². The van der Waals surface area contributed by atoms with Crippen LogP contribution in [0.3, 0.4) is 0 Å². The molecule has 7 heteroatoms. The molecule has 0 atom stereocenters. The molecular weight excluding hydrogens is 281 g/mol. The van der Waals surface area contributed by atoms with Crippen LogP contribution < -0.4 is 11.1 Å². The highest BCUT2D eigenvalue weighted by Gasteiger charge is 2.09. The quantitative estimate of drug-likeness (QED) is 0.342. The van der Waals surface area contributed by atoms with E-state index in [1.54, 1.807) is 0 Å². The summed E-state index contributed by atoms with van der Waals surface area (Å²) < 4.78 is 13.8. The van der Waals surface area contributed by atoms with Crippen LogP contribution >= 0.6 is 15.9 Å². The van der Waals surface area contributed by atoms with E-state index in [2.05, 4.69) is 26.4 Å². The first-order valence-corrected chi connectivity index (χ1v) is 5.03. The van der Waals surface area contributed by atoms with Crippen LogP contribution in [-0.4, -0.2) is 17.0 Å². The maximum atomic E-state index is 13.2. The second-order valence-electron chi connectivity index (χ2n) is 2.94. The van der Waals surface area contributed by atoms with Gasteiger partial charge in [-0.15, -0.1) is 0 Å². The van der Waals surface area contributed by atoms with Crippen molar-refractivity contribution in [3.05, 3.63) is 28.5 Å². The third-order valence-corrected chi connectivity index (χ3v) is 2.17. The molecule has 1 aromatic rings. The van der Waals surface area contributed by atoms with Gasteiger partial charge in [0.15, 0.2) is 0 Å². The van der Waals surface area contributed by atoms with Crippen molar-refractivity contribution in [3.8, 4) is 0 Å². The minimum Gasteiger partial charge on any atom is -0.409 e. The Bertz CT molecular complexity index is 437. The molecule has 0 saturated heterocycles. The van der Waals surface area contributed by atoms with E-state index in [0.717, 1.165) is 0 Å². The van der Waals surface area contributed by atoms with E-state index in [9.17, 15) is 9.18 Å². The lowest BCUT2D eigenvalue weighted by Gasteiger charge is -2.06. The van der Waals surface area contributed by atoms with E-state index < -0.39 is 11.7 Å². The summed E-state index contributed by atoms with van der Waals surface area (Å²) in [6.07, 6.45) is -0.303. The molecule has 0 aliphatic rings. The number of oxime groups is 1. The van der Waals surface area contributed by atoms with Gasteiger partial charge in [-0.2, -0.15) is 0 Å². The number of amidine groups is 1. The third-order valence-electron chi connectivity index (χ3n) is 1.67. The van der Waals surface area contributed by atoms with Gasteiger partial charge in [0.05, 0.1) is 12.1 Å². The molecule has 5 nitrogen and oxygen atoms in total. The first kappa shape index (κ1) is 12.4. The molecule has 0 radical (unpaired) electrons. The molecule has 0 saturated carbocycles. The van der Waals surface area contributed by atoms with E-state index in [1.807, 2.05) is 0 Å². The second-order valence-corrected chi connectivity index (χ2v) is 3.86. The van der Waals surface area contributed by atoms with Crippen molar-refractivity contribution in [3.63, 3.8) is 0 Å². The smallest absolute Gasteiger partial charge is 0.232 e. The van der Waals surface area contributed by atoms with E-state index in [4.69, 9.17) is 10.9 Å². The van der Waals surface area contributed by atoms with Gasteiger partial charge in [-0.25, -0.2) is 4.39 Å². The Balaban J connectivity index is 2.73. The van der Waals surface area contributed by atoms with Crippen LogP contribution in [0.2, 0.25) is 0 Å². The zero-order chi connectivity index (χ0) is 12.1. The van der Waals surface area contributed by atoms with Gasteiger partial charge < -0.3 is 16.3 Å². The monoisotopic (exact) mass is 289 g/mol. The molecule has 86 valence electrons. The van der Waals surface area contributed by atoms with E-state index in [0.29, 0.717) is 4.47 Å². The predicted molar refractivity (Wildman–Crippen MR) is 60.8 cm³/mol. The number of amides is 1. The van der Waals surface area contributed by atoms with Crippen LogP contribution in [-0.2, 0) is 4.79 Å². The molecule has 0 spiro atoms. The molecule has 1 aromatic carbocycles. The lowest BCUT2D eigenvalue weighted by atomic mass is 10.3. The van der Waals surface area contributed by atoms with Crippen molar-refractivity contribution in [1.29, 1.82) is 0 Å². The van der Waals surface area contributed by atoms with Gasteiger partial charge in [0.1, 0.15) is 11.7 Å². The normalized spacial score (nSPS) is 11.2. The second kappa shape index (κ2) is 5.45. The van der Waals surface area contributed by atoms with Crippen molar-refractivity contribution < 1.29 is 14.4 Å². The molecular formula is C9H9BrFN3O2. The molecule has 0 heterocycles. The van der Waals surface area contributed by atoms with Crippen molar-refractivity contribution in [2.24, 2.45) is 10.9 Å². The van der Waals surface area contributed by atoms with Gasteiger partial charge in [-0.05, 0) is 18.2 Å². The van der Waals surface area contributed by atoms with Gasteiger partial charge in [0.25, 0.3) is 0 Å². The highest BCUT2D eigenvalue weighted by molar-refractivity contribution is 9.10. The minimum absolute atomic E-state index is 0.0325. The lowest BCUT2D eigenvalue weighted by molar-refractivity contribution is -0.115. The highest BCUT2D eigenvalue weighted by Crippen LogP contribution is 2.19. The van der Waals surface area contributed by atoms with Crippen molar-refractivity contribution >= 4 is 33.4 Å². The first-order chi connectivity index (χ1) is 7.52. The molecule has 0 bridgehead atoms. The molecule has 16 heavy (non-hydrogen) atoms. The van der Waals surface area contributed by atoms with Crippen LogP contribution in [0.15, 0.2) is 27.8 Å². The van der Waals surface area contributed by atoms with E-state index in [1.165, 1.54) is 18.2 Å². The fraction of sp³-hybridized carbons (Fsp3) is 0.111. The number of nitrogens with zero attached hydrogens (tertiary/aromatic N) is 1. The Morgan fingerprint density at radius 1 is 1.62 bits per heavy atom. The average Bonchev–Trinajstić information content (AvgIpc) is 2.23. The number of rotatable bonds is 3. The summed E-state index contributed by atoms with van der Waals surface area (Å²) in [4.78, 5) is 11.3. The molecule has 0 unspecified atom stereocenters. The predicted octanol–water partition coefficient (Wildman–Crippen LogP) is 1.66. The average molecular weight is 290 g/mol. The molecule has 0 aromatic heterocycles. The van der Waals surface area contributed by atoms with Crippen molar-refractivity contribution in [2.45, 2.75) is 6.42 Å². The van der Waals surface area contributed by atoms with Crippen LogP contribution in [0.25, 0.3) is 0 Å². The Morgan fingerprint density at radius 2 is 2.31 bits per heavy atom. The highest BCUT2D eigenvalue weighted by atomic mass is 79.9. The number of carbonyl (C=O) groups is 1. The summed E-state index contributed by atoms with van der Waals surface area (Å²) in [6.45, 7) is 0. The van der Waals surface area contributed by atoms with Gasteiger partial charge in [0.2, 0.25) is 5.91 Å². The Labute approximate surface area is 99.3 Å². The first-order valence-electron chi connectivity index (χ1n) is 4.24. The van der Waals surface area contributed by atoms with E-state index >= 15 is 0 Å². The van der Waals surface area contributed by atoms with Crippen molar-refractivity contribution in [1.82, 2.24) is 0 Å². The maximum absolute atomic E-state index is 13.2. The number of hydrogen-bond donors (Lipinski definition) is 3. The number of benzene rings is 1. The standard InChI is InChI=1S/C9H9BrFN3O2/c10-5-1-2-6(11)7(3-5)13-9(15)4-8(12)14-16/h1-3,16H,4H2,(H2,12,14)(H,13,15). The lowest BCUT2D eigenvalue weighted by Crippen LogP contribution is -2.22. The van der Waals surface area contributed by atoms with Gasteiger partial charge >= 0.3 is 0 Å². The summed E-state index contributed by atoms with van der Waals surface area (Å²) in [6, 6.07) is 4.14. The van der Waals surface area contributed by atoms with Crippen LogP contribution in [0.5, 0.6) is 0 Å². The fourth-order valence-electron chi connectivity index (χ4n) is 0.988. The number of nitrogens with two attached hydrogens (primary N) is 1. The third kappa shape index (κ3) is 3.50. The van der Waals surface area contributed by atoms with Gasteiger partial charge in [-0.3, -0.25) is 4.79 Å². The zero-order valence-electron chi connectivity index (χ0n) is 8.08. The summed E-state index contributed by atoms with van der Waals surface area (Å²) in [5, 5.41) is 13.2. The Kier molecular flexibility index (Phi) is 4.24. The largest absolute Gasteiger partial charge is 0.409 e. The molecule has 0 aliphatic heterocycles. The fourth-order valence-corrected chi connectivity index (χ4v) is 1.35. The summed E-state index contributed by atoms with van der Waals surface area (Å²) in [5.74, 6) is -1.36. The number of nitrogens with one attached hydrogen (secondary N) is 1. The number of anilines is 1. The summed E-state index contributed by atoms with van der Waals surface area (Å²) in [7, 11) is 0. The summed E-state index contributed by atoms with van der Waals surface area (Å²) in [5.41, 5.74) is 5.16. The summed E-state index contributed by atoms with van der Waals surface area (Å²) >= 11 is 3.14. The molecule has 0 fully saturated rings. The Morgan fingerprint density at radius 3 is 2.94 bits per heavy atom. The number of carbonyl (C=O) groups excluding carboxylic acids is 1. The molecule has 4 N–H and O–H groups in total. The van der Waals surface area contributed by atoms with Crippen molar-refractivity contribution in [2.75, 3.05) is 5.32 Å². The number of hydrogen-bond acceptors (Lipinski definition) is 3. The zero-order valence-corrected chi connectivity index (χ0v) is 9.66. The van der Waals surface area contributed by atoms with Crippen LogP contribution in [0, 0.1) is 5.82 Å². The Hall–Kier alpha value is -1.63. The topological polar surface area (TPSA) is 87.7 Å². The minimum atomic E-state index is -0.563. The van der Waals surface area contributed by atoms with Gasteiger partial charge in [-0.1, -0.05) is 21.1 Å². The molecule has 0 aliphatic carbocycles. The van der Waals surface area contributed by atoms with Crippen LogP contribution in [0.1, 0.15) is 6.42 Å².